The SMILES string of the molecule is CN1CCCC(C#N)(Nc2ccc(Cl)c(Br)c2)C1. The van der Waals surface area contributed by atoms with Gasteiger partial charge >= 0.3 is 0 Å². The van der Waals surface area contributed by atoms with Crippen LogP contribution in [0.25, 0.3) is 0 Å². The molecule has 1 heterocycles. The Morgan fingerprint density at radius 2 is 2.33 bits per heavy atom. The summed E-state index contributed by atoms with van der Waals surface area (Å²) < 4.78 is 0.839. The van der Waals surface area contributed by atoms with E-state index in [0.29, 0.717) is 5.02 Å². The number of nitrogens with zero attached hydrogens (tertiary/aromatic N) is 2. The molecule has 0 aliphatic carbocycles. The van der Waals surface area contributed by atoms with E-state index < -0.39 is 5.54 Å². The quantitative estimate of drug-likeness (QED) is 0.903. The maximum absolute atomic E-state index is 9.47. The van der Waals surface area contributed by atoms with Crippen molar-refractivity contribution in [3.05, 3.63) is 27.7 Å². The lowest BCUT2D eigenvalue weighted by atomic mass is 9.90. The third kappa shape index (κ3) is 2.97. The van der Waals surface area contributed by atoms with Gasteiger partial charge in [-0.15, -0.1) is 0 Å². The molecule has 1 aromatic carbocycles. The Labute approximate surface area is 121 Å². The molecule has 96 valence electrons. The van der Waals surface area contributed by atoms with Crippen molar-refractivity contribution in [2.75, 3.05) is 25.5 Å². The van der Waals surface area contributed by atoms with Gasteiger partial charge in [0.2, 0.25) is 0 Å². The van der Waals surface area contributed by atoms with Crippen LogP contribution in [0.15, 0.2) is 22.7 Å². The third-order valence-corrected chi connectivity index (χ3v) is 4.41. The maximum Gasteiger partial charge on any atom is 0.138 e. The van der Waals surface area contributed by atoms with Crippen LogP contribution in [0.3, 0.4) is 0 Å². The second-order valence-corrected chi connectivity index (χ2v) is 6.05. The number of anilines is 1. The third-order valence-electron chi connectivity index (χ3n) is 3.20. The summed E-state index contributed by atoms with van der Waals surface area (Å²) >= 11 is 9.36. The average Bonchev–Trinajstić information content (AvgIpc) is 2.34. The molecule has 0 amide bonds. The van der Waals surface area contributed by atoms with Gasteiger partial charge in [-0.25, -0.2) is 0 Å². The van der Waals surface area contributed by atoms with Crippen LogP contribution in [-0.2, 0) is 0 Å². The second kappa shape index (κ2) is 5.48. The van der Waals surface area contributed by atoms with Gasteiger partial charge in [-0.05, 0) is 60.6 Å². The van der Waals surface area contributed by atoms with Crippen LogP contribution in [0, 0.1) is 11.3 Å². The smallest absolute Gasteiger partial charge is 0.138 e. The molecular formula is C13H15BrClN3. The Balaban J connectivity index is 2.20. The molecule has 0 radical (unpaired) electrons. The number of likely N-dealkylation sites (N-methyl/N-ethyl adjacent to an activating group) is 1. The van der Waals surface area contributed by atoms with Gasteiger partial charge in [0, 0.05) is 16.7 Å². The molecule has 2 rings (SSSR count). The van der Waals surface area contributed by atoms with E-state index in [-0.39, 0.29) is 0 Å². The van der Waals surface area contributed by atoms with E-state index in [1.807, 2.05) is 25.2 Å². The van der Waals surface area contributed by atoms with Crippen molar-refractivity contribution in [1.29, 1.82) is 5.26 Å². The molecule has 0 saturated carbocycles. The lowest BCUT2D eigenvalue weighted by Crippen LogP contribution is -2.50. The van der Waals surface area contributed by atoms with Gasteiger partial charge in [0.1, 0.15) is 5.54 Å². The van der Waals surface area contributed by atoms with Crippen molar-refractivity contribution >= 4 is 33.2 Å². The summed E-state index contributed by atoms with van der Waals surface area (Å²) in [4.78, 5) is 2.19. The van der Waals surface area contributed by atoms with Gasteiger partial charge in [-0.2, -0.15) is 5.26 Å². The van der Waals surface area contributed by atoms with Crippen LogP contribution in [0.2, 0.25) is 5.02 Å². The highest BCUT2D eigenvalue weighted by Crippen LogP contribution is 2.29. The Morgan fingerprint density at radius 3 is 2.94 bits per heavy atom. The Morgan fingerprint density at radius 1 is 1.56 bits per heavy atom. The van der Waals surface area contributed by atoms with Crippen LogP contribution in [0.4, 0.5) is 5.69 Å². The van der Waals surface area contributed by atoms with Gasteiger partial charge in [-0.3, -0.25) is 0 Å². The lowest BCUT2D eigenvalue weighted by Gasteiger charge is -2.37. The van der Waals surface area contributed by atoms with Crippen molar-refractivity contribution in [3.63, 3.8) is 0 Å². The zero-order chi connectivity index (χ0) is 13.2. The number of rotatable bonds is 2. The van der Waals surface area contributed by atoms with Crippen molar-refractivity contribution in [1.82, 2.24) is 4.90 Å². The summed E-state index contributed by atoms with van der Waals surface area (Å²) in [6.07, 6.45) is 1.90. The monoisotopic (exact) mass is 327 g/mol. The molecule has 3 nitrogen and oxygen atoms in total. The molecule has 0 bridgehead atoms. The van der Waals surface area contributed by atoms with E-state index in [1.54, 1.807) is 0 Å². The summed E-state index contributed by atoms with van der Waals surface area (Å²) in [5, 5.41) is 13.5. The molecular weight excluding hydrogens is 314 g/mol. The molecule has 0 spiro atoms. The number of nitrogens with one attached hydrogen (secondary N) is 1. The van der Waals surface area contributed by atoms with E-state index in [0.717, 1.165) is 36.1 Å². The lowest BCUT2D eigenvalue weighted by molar-refractivity contribution is 0.227. The molecule has 1 atom stereocenters. The van der Waals surface area contributed by atoms with Crippen LogP contribution in [-0.4, -0.2) is 30.6 Å². The van der Waals surface area contributed by atoms with Crippen molar-refractivity contribution in [2.45, 2.75) is 18.4 Å². The van der Waals surface area contributed by atoms with E-state index in [4.69, 9.17) is 11.6 Å². The summed E-state index contributed by atoms with van der Waals surface area (Å²) in [5.41, 5.74) is 0.420. The molecule has 1 aromatic rings. The first-order chi connectivity index (χ1) is 8.54. The molecule has 1 fully saturated rings. The number of halogens is 2. The van der Waals surface area contributed by atoms with Crippen molar-refractivity contribution in [2.24, 2.45) is 0 Å². The van der Waals surface area contributed by atoms with Gasteiger partial charge in [0.05, 0.1) is 11.1 Å². The van der Waals surface area contributed by atoms with E-state index in [1.165, 1.54) is 0 Å². The summed E-state index contributed by atoms with van der Waals surface area (Å²) in [7, 11) is 2.05. The normalized spacial score (nSPS) is 24.6. The maximum atomic E-state index is 9.47. The molecule has 1 aliphatic heterocycles. The zero-order valence-electron chi connectivity index (χ0n) is 10.2. The Kier molecular flexibility index (Phi) is 4.16. The second-order valence-electron chi connectivity index (χ2n) is 4.79. The fraction of sp³-hybridized carbons (Fsp3) is 0.462. The van der Waals surface area contributed by atoms with Gasteiger partial charge in [0.25, 0.3) is 0 Å². The fourth-order valence-corrected chi connectivity index (χ4v) is 2.84. The van der Waals surface area contributed by atoms with Gasteiger partial charge < -0.3 is 10.2 Å². The molecule has 18 heavy (non-hydrogen) atoms. The average molecular weight is 329 g/mol. The van der Waals surface area contributed by atoms with Crippen LogP contribution < -0.4 is 5.32 Å². The molecule has 1 N–H and O–H groups in total. The van der Waals surface area contributed by atoms with Crippen LogP contribution in [0.5, 0.6) is 0 Å². The predicted octanol–water partition coefficient (Wildman–Crippen LogP) is 3.50. The van der Waals surface area contributed by atoms with Gasteiger partial charge in [-0.1, -0.05) is 11.6 Å². The number of likely N-dealkylation sites (tertiary alicyclic amines) is 1. The van der Waals surface area contributed by atoms with Crippen molar-refractivity contribution in [3.8, 4) is 6.07 Å². The van der Waals surface area contributed by atoms with E-state index in [2.05, 4.69) is 32.2 Å². The number of hydrogen-bond acceptors (Lipinski definition) is 3. The fourth-order valence-electron chi connectivity index (χ4n) is 2.34. The van der Waals surface area contributed by atoms with Crippen molar-refractivity contribution < 1.29 is 0 Å². The summed E-state index contributed by atoms with van der Waals surface area (Å²) in [5.74, 6) is 0. The molecule has 1 unspecified atom stereocenters. The molecule has 0 aromatic heterocycles. The first kappa shape index (κ1) is 13.7. The summed E-state index contributed by atoms with van der Waals surface area (Å²) in [6.45, 7) is 1.79. The highest BCUT2D eigenvalue weighted by molar-refractivity contribution is 9.10. The molecule has 5 heteroatoms. The van der Waals surface area contributed by atoms with E-state index in [9.17, 15) is 5.26 Å². The van der Waals surface area contributed by atoms with Crippen LogP contribution in [0.1, 0.15) is 12.8 Å². The molecule has 1 aliphatic rings. The first-order valence-electron chi connectivity index (χ1n) is 5.88. The topological polar surface area (TPSA) is 39.1 Å². The Hall–Kier alpha value is -0.760. The number of hydrogen-bond donors (Lipinski definition) is 1. The standard InChI is InChI=1S/C13H15BrClN3/c1-18-6-2-5-13(8-16,9-18)17-10-3-4-12(15)11(14)7-10/h3-4,7,17H,2,5-6,9H2,1H3. The minimum absolute atomic E-state index is 0.500. The number of nitriles is 1. The van der Waals surface area contributed by atoms with E-state index >= 15 is 0 Å². The molecule has 1 saturated heterocycles. The largest absolute Gasteiger partial charge is 0.366 e. The highest BCUT2D eigenvalue weighted by Gasteiger charge is 2.34. The number of benzene rings is 1. The minimum Gasteiger partial charge on any atom is -0.366 e. The Bertz CT molecular complexity index is 486. The first-order valence-corrected chi connectivity index (χ1v) is 7.05. The van der Waals surface area contributed by atoms with Crippen LogP contribution >= 0.6 is 27.5 Å². The van der Waals surface area contributed by atoms with Gasteiger partial charge in [0.15, 0.2) is 0 Å². The zero-order valence-corrected chi connectivity index (χ0v) is 12.6. The minimum atomic E-state index is -0.500. The predicted molar refractivity (Wildman–Crippen MR) is 77.8 cm³/mol. The highest BCUT2D eigenvalue weighted by atomic mass is 79.9. The number of piperidine rings is 1. The summed E-state index contributed by atoms with van der Waals surface area (Å²) in [6, 6.07) is 8.07.